The van der Waals surface area contributed by atoms with Crippen molar-refractivity contribution in [1.29, 1.82) is 0 Å². The number of carbonyl (C=O) groups excluding carboxylic acids is 1. The van der Waals surface area contributed by atoms with Crippen molar-refractivity contribution in [1.82, 2.24) is 10.3 Å². The summed E-state index contributed by atoms with van der Waals surface area (Å²) < 4.78 is 0. The lowest BCUT2D eigenvalue weighted by Gasteiger charge is -2.35. The fraction of sp³-hybridized carbons (Fsp3) is 0.235. The van der Waals surface area contributed by atoms with E-state index in [4.69, 9.17) is 5.84 Å². The lowest BCUT2D eigenvalue weighted by atomic mass is 9.93. The smallest absolute Gasteiger partial charge is 0.251 e. The van der Waals surface area contributed by atoms with Crippen molar-refractivity contribution < 1.29 is 4.79 Å². The van der Waals surface area contributed by atoms with E-state index in [1.165, 1.54) is 16.7 Å². The molecule has 1 unspecified atom stereocenters. The first-order valence-corrected chi connectivity index (χ1v) is 7.13. The van der Waals surface area contributed by atoms with Gasteiger partial charge in [0.2, 0.25) is 0 Å². The maximum absolute atomic E-state index is 12.1. The Kier molecular flexibility index (Phi) is 3.99. The van der Waals surface area contributed by atoms with Crippen molar-refractivity contribution in [2.75, 3.05) is 0 Å². The molecular formula is C17H19N3O. The second-order valence-corrected chi connectivity index (χ2v) is 5.39. The van der Waals surface area contributed by atoms with Crippen LogP contribution in [0.15, 0.2) is 54.6 Å². The van der Waals surface area contributed by atoms with Crippen LogP contribution in [0.2, 0.25) is 0 Å². The van der Waals surface area contributed by atoms with Crippen LogP contribution in [-0.4, -0.2) is 16.8 Å². The van der Waals surface area contributed by atoms with Crippen LogP contribution in [0.4, 0.5) is 0 Å². The molecular weight excluding hydrogens is 262 g/mol. The molecule has 0 saturated heterocycles. The summed E-state index contributed by atoms with van der Waals surface area (Å²) in [6.07, 6.45) is 0.700. The first kappa shape index (κ1) is 13.8. The first-order valence-electron chi connectivity index (χ1n) is 7.13. The van der Waals surface area contributed by atoms with E-state index in [1.54, 1.807) is 0 Å². The molecule has 21 heavy (non-hydrogen) atoms. The van der Waals surface area contributed by atoms with Gasteiger partial charge in [0.05, 0.1) is 6.04 Å². The highest BCUT2D eigenvalue weighted by molar-refractivity contribution is 5.81. The molecule has 1 aliphatic rings. The van der Waals surface area contributed by atoms with Gasteiger partial charge in [0.15, 0.2) is 0 Å². The van der Waals surface area contributed by atoms with E-state index in [-0.39, 0.29) is 11.9 Å². The molecule has 0 saturated carbocycles. The number of amides is 1. The van der Waals surface area contributed by atoms with Gasteiger partial charge in [-0.15, -0.1) is 0 Å². The number of hydrazine groups is 1. The van der Waals surface area contributed by atoms with Gasteiger partial charge >= 0.3 is 0 Å². The van der Waals surface area contributed by atoms with Gasteiger partial charge in [-0.2, -0.15) is 0 Å². The highest BCUT2D eigenvalue weighted by Gasteiger charge is 2.30. The highest BCUT2D eigenvalue weighted by Crippen LogP contribution is 2.25. The SMILES string of the molecule is NNC(=O)C1Cc2ccccc2CN1Cc1ccccc1. The van der Waals surface area contributed by atoms with E-state index in [1.807, 2.05) is 30.3 Å². The summed E-state index contributed by atoms with van der Waals surface area (Å²) in [5, 5.41) is 0. The second-order valence-electron chi connectivity index (χ2n) is 5.39. The molecule has 1 heterocycles. The van der Waals surface area contributed by atoms with Crippen molar-refractivity contribution in [2.45, 2.75) is 25.6 Å². The molecule has 1 atom stereocenters. The molecule has 2 aromatic rings. The summed E-state index contributed by atoms with van der Waals surface area (Å²) in [6.45, 7) is 1.51. The van der Waals surface area contributed by atoms with Gasteiger partial charge in [-0.25, -0.2) is 5.84 Å². The number of nitrogens with one attached hydrogen (secondary N) is 1. The van der Waals surface area contributed by atoms with E-state index < -0.39 is 0 Å². The minimum Gasteiger partial charge on any atom is -0.293 e. The standard InChI is InChI=1S/C17H19N3O/c18-19-17(21)16-10-14-8-4-5-9-15(14)12-20(16)11-13-6-2-1-3-7-13/h1-9,16H,10-12,18H2,(H,19,21). The zero-order valence-electron chi connectivity index (χ0n) is 11.8. The molecule has 0 aromatic heterocycles. The number of hydrogen-bond acceptors (Lipinski definition) is 3. The molecule has 3 rings (SSSR count). The molecule has 0 radical (unpaired) electrons. The third-order valence-electron chi connectivity index (χ3n) is 4.02. The number of nitrogens with two attached hydrogens (primary N) is 1. The van der Waals surface area contributed by atoms with Crippen LogP contribution in [0.25, 0.3) is 0 Å². The second kappa shape index (κ2) is 6.08. The number of benzene rings is 2. The van der Waals surface area contributed by atoms with Gasteiger partial charge < -0.3 is 0 Å². The summed E-state index contributed by atoms with van der Waals surface area (Å²) in [4.78, 5) is 14.3. The highest BCUT2D eigenvalue weighted by atomic mass is 16.2. The summed E-state index contributed by atoms with van der Waals surface area (Å²) in [7, 11) is 0. The predicted octanol–water partition coefficient (Wildman–Crippen LogP) is 1.60. The lowest BCUT2D eigenvalue weighted by Crippen LogP contribution is -2.51. The lowest BCUT2D eigenvalue weighted by molar-refractivity contribution is -0.127. The fourth-order valence-corrected chi connectivity index (χ4v) is 2.92. The number of rotatable bonds is 3. The molecule has 2 aromatic carbocycles. The van der Waals surface area contributed by atoms with Crippen LogP contribution in [0.1, 0.15) is 16.7 Å². The van der Waals surface area contributed by atoms with Crippen LogP contribution in [-0.2, 0) is 24.3 Å². The third kappa shape index (κ3) is 2.96. The Balaban J connectivity index is 1.87. The average molecular weight is 281 g/mol. The number of carbonyl (C=O) groups is 1. The molecule has 0 aliphatic carbocycles. The molecule has 0 fully saturated rings. The molecule has 4 heteroatoms. The van der Waals surface area contributed by atoms with Gasteiger partial charge in [-0.1, -0.05) is 54.6 Å². The summed E-state index contributed by atoms with van der Waals surface area (Å²) in [5.41, 5.74) is 6.02. The normalized spacial score (nSPS) is 18.0. The van der Waals surface area contributed by atoms with Crippen molar-refractivity contribution in [3.63, 3.8) is 0 Å². The fourth-order valence-electron chi connectivity index (χ4n) is 2.92. The van der Waals surface area contributed by atoms with Crippen LogP contribution in [0.3, 0.4) is 0 Å². The zero-order chi connectivity index (χ0) is 14.7. The maximum atomic E-state index is 12.1. The number of hydrogen-bond donors (Lipinski definition) is 2. The monoisotopic (exact) mass is 281 g/mol. The van der Waals surface area contributed by atoms with Gasteiger partial charge in [-0.05, 0) is 23.1 Å². The Bertz CT molecular complexity index is 627. The largest absolute Gasteiger partial charge is 0.293 e. The van der Waals surface area contributed by atoms with Crippen LogP contribution < -0.4 is 11.3 Å². The minimum atomic E-state index is -0.217. The van der Waals surface area contributed by atoms with Crippen molar-refractivity contribution >= 4 is 5.91 Å². The van der Waals surface area contributed by atoms with Crippen LogP contribution >= 0.6 is 0 Å². The summed E-state index contributed by atoms with van der Waals surface area (Å²) >= 11 is 0. The van der Waals surface area contributed by atoms with Gasteiger partial charge in [0.25, 0.3) is 5.91 Å². The Morgan fingerprint density at radius 3 is 2.48 bits per heavy atom. The maximum Gasteiger partial charge on any atom is 0.251 e. The van der Waals surface area contributed by atoms with E-state index in [9.17, 15) is 4.79 Å². The van der Waals surface area contributed by atoms with Gasteiger partial charge in [0, 0.05) is 13.1 Å². The third-order valence-corrected chi connectivity index (χ3v) is 4.02. The quantitative estimate of drug-likeness (QED) is 0.510. The van der Waals surface area contributed by atoms with E-state index >= 15 is 0 Å². The number of fused-ring (bicyclic) bond motifs is 1. The predicted molar refractivity (Wildman–Crippen MR) is 82.0 cm³/mol. The molecule has 1 aliphatic heterocycles. The zero-order valence-corrected chi connectivity index (χ0v) is 11.8. The Morgan fingerprint density at radius 2 is 1.76 bits per heavy atom. The van der Waals surface area contributed by atoms with Crippen LogP contribution in [0.5, 0.6) is 0 Å². The number of nitrogens with zero attached hydrogens (tertiary/aromatic N) is 1. The Labute approximate surface area is 124 Å². The van der Waals surface area contributed by atoms with Crippen LogP contribution in [0, 0.1) is 0 Å². The molecule has 0 bridgehead atoms. The van der Waals surface area contributed by atoms with E-state index in [2.05, 4.69) is 34.6 Å². The van der Waals surface area contributed by atoms with Crippen molar-refractivity contribution in [2.24, 2.45) is 5.84 Å². The molecule has 0 spiro atoms. The van der Waals surface area contributed by atoms with Crippen molar-refractivity contribution in [3.05, 3.63) is 71.3 Å². The molecule has 1 amide bonds. The van der Waals surface area contributed by atoms with Gasteiger partial charge in [0.1, 0.15) is 0 Å². The summed E-state index contributed by atoms with van der Waals surface area (Å²) in [6, 6.07) is 18.3. The van der Waals surface area contributed by atoms with Gasteiger partial charge in [-0.3, -0.25) is 15.1 Å². The Hall–Kier alpha value is -2.17. The molecule has 4 nitrogen and oxygen atoms in total. The first-order chi connectivity index (χ1) is 10.3. The average Bonchev–Trinajstić information content (AvgIpc) is 2.54. The molecule has 3 N–H and O–H groups in total. The van der Waals surface area contributed by atoms with Crippen molar-refractivity contribution in [3.8, 4) is 0 Å². The minimum absolute atomic E-state index is 0.125. The summed E-state index contributed by atoms with van der Waals surface area (Å²) in [5.74, 6) is 5.23. The topological polar surface area (TPSA) is 58.4 Å². The molecule has 108 valence electrons. The van der Waals surface area contributed by atoms with E-state index in [0.29, 0.717) is 6.42 Å². The Morgan fingerprint density at radius 1 is 1.10 bits per heavy atom. The van der Waals surface area contributed by atoms with E-state index in [0.717, 1.165) is 13.1 Å².